The Morgan fingerprint density at radius 3 is 2.07 bits per heavy atom. The highest BCUT2D eigenvalue weighted by atomic mass is 35.7. The van der Waals surface area contributed by atoms with Gasteiger partial charge in [0.15, 0.2) is 0 Å². The minimum atomic E-state index is -4.44. The molecule has 0 amide bonds. The highest BCUT2D eigenvalue weighted by Crippen LogP contribution is 2.33. The lowest BCUT2D eigenvalue weighted by Gasteiger charge is -2.23. The molecule has 0 saturated heterocycles. The first-order valence-electron chi connectivity index (χ1n) is 4.27. The molecule has 0 aromatic carbocycles. The van der Waals surface area contributed by atoms with Gasteiger partial charge in [-0.25, -0.2) is 0 Å². The van der Waals surface area contributed by atoms with Crippen molar-refractivity contribution in [3.05, 3.63) is 36.5 Å². The Labute approximate surface area is 94.7 Å². The van der Waals surface area contributed by atoms with Crippen LogP contribution in [0.15, 0.2) is 36.5 Å². The summed E-state index contributed by atoms with van der Waals surface area (Å²) in [5.41, 5.74) is 0. The van der Waals surface area contributed by atoms with Gasteiger partial charge in [0, 0.05) is 0 Å². The van der Waals surface area contributed by atoms with Gasteiger partial charge in [0.25, 0.3) is 0 Å². The fraction of sp³-hybridized carbons (Fsp3) is 0.333. The number of hydrogen-bond donors (Lipinski definition) is 0. The molecule has 6 heteroatoms. The first-order valence-corrected chi connectivity index (χ1v) is 6.49. The molecule has 0 unspecified atom stereocenters. The van der Waals surface area contributed by atoms with E-state index in [9.17, 15) is 14.0 Å². The van der Waals surface area contributed by atoms with Crippen LogP contribution in [0, 0.1) is 10.2 Å². The number of allylic oxidation sites excluding steroid dienone is 4. The molecule has 0 spiro atoms. The van der Waals surface area contributed by atoms with E-state index in [0.29, 0.717) is 5.75 Å². The molecule has 0 atom stereocenters. The summed E-state index contributed by atoms with van der Waals surface area (Å²) in [6, 6.07) is 0. The van der Waals surface area contributed by atoms with Gasteiger partial charge in [0.2, 0.25) is 0 Å². The van der Waals surface area contributed by atoms with Crippen molar-refractivity contribution in [2.75, 3.05) is 5.75 Å². The van der Waals surface area contributed by atoms with Gasteiger partial charge in [-0.2, -0.15) is 14.0 Å². The van der Waals surface area contributed by atoms with Crippen LogP contribution in [0.3, 0.4) is 0 Å². The molecule has 4 nitrogen and oxygen atoms in total. The molecule has 0 aliphatic heterocycles. The SMILES string of the molecule is CCSC1(O[Cl+3]([O-])([O-])[O-])C=CC=CC=C1. The Balaban J connectivity index is 2.88. The average molecular weight is 251 g/mol. The molecule has 84 valence electrons. The zero-order chi connectivity index (χ0) is 11.4. The summed E-state index contributed by atoms with van der Waals surface area (Å²) in [7, 11) is -4.44. The topological polar surface area (TPSA) is 78.4 Å². The lowest BCUT2D eigenvalue weighted by Crippen LogP contribution is -2.63. The predicted molar refractivity (Wildman–Crippen MR) is 49.4 cm³/mol. The summed E-state index contributed by atoms with van der Waals surface area (Å²) in [4.78, 5) is -1.22. The Kier molecular flexibility index (Phi) is 4.39. The first-order chi connectivity index (χ1) is 6.97. The maximum Gasteiger partial charge on any atom is 0.306 e. The highest BCUT2D eigenvalue weighted by molar-refractivity contribution is 8.00. The molecule has 0 saturated carbocycles. The molecule has 0 aromatic rings. The van der Waals surface area contributed by atoms with Crippen LogP contribution in [0.1, 0.15) is 6.92 Å². The van der Waals surface area contributed by atoms with Crippen molar-refractivity contribution in [3.63, 3.8) is 0 Å². The van der Waals surface area contributed by atoms with E-state index in [4.69, 9.17) is 0 Å². The van der Waals surface area contributed by atoms with Gasteiger partial charge in [-0.3, -0.25) is 0 Å². The van der Waals surface area contributed by atoms with Crippen molar-refractivity contribution in [1.82, 2.24) is 0 Å². The summed E-state index contributed by atoms with van der Waals surface area (Å²) in [6.07, 6.45) is 9.80. The zero-order valence-electron chi connectivity index (χ0n) is 8.09. The molecule has 0 aromatic heterocycles. The fourth-order valence-corrected chi connectivity index (χ4v) is 2.72. The van der Waals surface area contributed by atoms with E-state index in [1.807, 2.05) is 6.92 Å². The predicted octanol–water partition coefficient (Wildman–Crippen LogP) is -0.968. The van der Waals surface area contributed by atoms with Crippen LogP contribution < -0.4 is 14.0 Å². The minimum absolute atomic E-state index is 0.625. The van der Waals surface area contributed by atoms with Crippen molar-refractivity contribution in [2.45, 2.75) is 11.9 Å². The third-order valence-electron chi connectivity index (χ3n) is 1.58. The zero-order valence-corrected chi connectivity index (χ0v) is 9.66. The van der Waals surface area contributed by atoms with Crippen molar-refractivity contribution in [2.24, 2.45) is 0 Å². The van der Waals surface area contributed by atoms with E-state index in [0.717, 1.165) is 0 Å². The molecule has 1 aliphatic rings. The summed E-state index contributed by atoms with van der Waals surface area (Å²) < 4.78 is 36.3. The minimum Gasteiger partial charge on any atom is -0.183 e. The molecule has 15 heavy (non-hydrogen) atoms. The Morgan fingerprint density at radius 1 is 1.13 bits per heavy atom. The summed E-state index contributed by atoms with van der Waals surface area (Å²) in [5, 5.41) is 0. The standard InChI is InChI=1S/C9H11ClO4S/c1-2-15-9(14-10(11,12)13)7-5-3-4-6-8-9/h3-8H,2H2,1H3. The molecule has 0 N–H and O–H groups in total. The van der Waals surface area contributed by atoms with Crippen LogP contribution in [-0.4, -0.2) is 10.7 Å². The second-order valence-electron chi connectivity index (χ2n) is 2.71. The van der Waals surface area contributed by atoms with E-state index >= 15 is 0 Å². The van der Waals surface area contributed by atoms with Crippen molar-refractivity contribution >= 4 is 11.8 Å². The van der Waals surface area contributed by atoms with Crippen LogP contribution in [-0.2, 0) is 4.29 Å². The molecule has 0 heterocycles. The second-order valence-corrected chi connectivity index (χ2v) is 5.13. The Hall–Kier alpha value is -0.300. The molecular weight excluding hydrogens is 240 g/mol. The maximum absolute atomic E-state index is 10.6. The largest absolute Gasteiger partial charge is 0.306 e. The van der Waals surface area contributed by atoms with Gasteiger partial charge < -0.3 is 0 Å². The Bertz CT molecular complexity index is 277. The van der Waals surface area contributed by atoms with Gasteiger partial charge in [-0.05, 0) is 17.9 Å². The summed E-state index contributed by atoms with van der Waals surface area (Å²) in [6.45, 7) is 1.85. The van der Waals surface area contributed by atoms with Gasteiger partial charge in [0.05, 0.1) is 14.5 Å². The number of thioether (sulfide) groups is 1. The van der Waals surface area contributed by atoms with E-state index < -0.39 is 15.2 Å². The molecule has 1 rings (SSSR count). The Morgan fingerprint density at radius 2 is 1.67 bits per heavy atom. The molecule has 0 radical (unpaired) electrons. The fourth-order valence-electron chi connectivity index (χ4n) is 1.11. The van der Waals surface area contributed by atoms with Gasteiger partial charge >= 0.3 is 4.93 Å². The van der Waals surface area contributed by atoms with Crippen LogP contribution in [0.5, 0.6) is 0 Å². The second kappa shape index (κ2) is 5.16. The monoisotopic (exact) mass is 250 g/mol. The molecule has 0 fully saturated rings. The number of rotatable bonds is 4. The van der Waals surface area contributed by atoms with Crippen LogP contribution >= 0.6 is 11.8 Å². The van der Waals surface area contributed by atoms with E-state index in [2.05, 4.69) is 4.29 Å². The maximum atomic E-state index is 10.6. The van der Waals surface area contributed by atoms with Crippen LogP contribution in [0.25, 0.3) is 0 Å². The average Bonchev–Trinajstić information content (AvgIpc) is 2.28. The molecular formula is C9H11ClO4S. The summed E-state index contributed by atoms with van der Waals surface area (Å²) in [5.74, 6) is 0.625. The third-order valence-corrected chi connectivity index (χ3v) is 3.21. The van der Waals surface area contributed by atoms with Gasteiger partial charge in [-0.1, -0.05) is 31.2 Å². The number of halogens is 1. The number of hydrogen-bond acceptors (Lipinski definition) is 5. The van der Waals surface area contributed by atoms with Gasteiger partial charge in [-0.15, -0.1) is 11.8 Å². The lowest BCUT2D eigenvalue weighted by atomic mass is 10.3. The van der Waals surface area contributed by atoms with Crippen molar-refractivity contribution in [1.29, 1.82) is 0 Å². The van der Waals surface area contributed by atoms with Crippen LogP contribution in [0.4, 0.5) is 0 Å². The molecule has 1 aliphatic carbocycles. The quantitative estimate of drug-likeness (QED) is 0.600. The van der Waals surface area contributed by atoms with E-state index in [-0.39, 0.29) is 0 Å². The van der Waals surface area contributed by atoms with E-state index in [1.54, 1.807) is 24.3 Å². The van der Waals surface area contributed by atoms with Crippen LogP contribution in [0.2, 0.25) is 0 Å². The third kappa shape index (κ3) is 4.38. The van der Waals surface area contributed by atoms with E-state index in [1.165, 1.54) is 23.9 Å². The highest BCUT2D eigenvalue weighted by Gasteiger charge is 2.42. The normalized spacial score (nSPS) is 19.2. The van der Waals surface area contributed by atoms with Crippen molar-refractivity contribution in [3.8, 4) is 0 Å². The lowest BCUT2D eigenvalue weighted by molar-refractivity contribution is -1.92. The summed E-state index contributed by atoms with van der Waals surface area (Å²) >= 11 is 1.22. The molecule has 0 bridgehead atoms. The smallest absolute Gasteiger partial charge is 0.183 e. The van der Waals surface area contributed by atoms with Crippen molar-refractivity contribution < 1.29 is 28.5 Å². The first kappa shape index (κ1) is 12.8. The van der Waals surface area contributed by atoms with Gasteiger partial charge in [0.1, 0.15) is 0 Å².